The van der Waals surface area contributed by atoms with Gasteiger partial charge in [0.25, 0.3) is 5.91 Å². The number of thiophene rings is 1. The lowest BCUT2D eigenvalue weighted by Crippen LogP contribution is -2.37. The zero-order valence-electron chi connectivity index (χ0n) is 15.7. The highest BCUT2D eigenvalue weighted by atomic mass is 32.1. The van der Waals surface area contributed by atoms with Crippen LogP contribution in [0.1, 0.15) is 24.8 Å². The van der Waals surface area contributed by atoms with E-state index < -0.39 is 12.1 Å². The fourth-order valence-corrected chi connectivity index (χ4v) is 3.26. The van der Waals surface area contributed by atoms with Gasteiger partial charge in [-0.2, -0.15) is 16.3 Å². The van der Waals surface area contributed by atoms with Gasteiger partial charge in [0.05, 0.1) is 6.42 Å². The minimum absolute atomic E-state index is 0.0608. The molecule has 0 aliphatic carbocycles. The molecule has 3 rings (SSSR count). The van der Waals surface area contributed by atoms with Gasteiger partial charge in [-0.3, -0.25) is 9.59 Å². The van der Waals surface area contributed by atoms with Crippen molar-refractivity contribution in [3.8, 4) is 11.4 Å². The van der Waals surface area contributed by atoms with Crippen LogP contribution in [0.3, 0.4) is 0 Å². The number of hydrogen-bond donors (Lipinski definition) is 0. The van der Waals surface area contributed by atoms with Crippen LogP contribution in [0.25, 0.3) is 11.4 Å². The third kappa shape index (κ3) is 5.26. The number of aryl methyl sites for hydroxylation is 1. The van der Waals surface area contributed by atoms with Gasteiger partial charge in [-0.1, -0.05) is 35.5 Å². The number of rotatable bonds is 8. The average molecular weight is 399 g/mol. The van der Waals surface area contributed by atoms with Crippen LogP contribution in [0.5, 0.6) is 0 Å². The molecular weight excluding hydrogens is 378 g/mol. The number of likely N-dealkylation sites (N-methyl/N-ethyl adjacent to an activating group) is 1. The molecule has 3 aromatic rings. The molecule has 0 bridgehead atoms. The van der Waals surface area contributed by atoms with Crippen molar-refractivity contribution in [1.29, 1.82) is 0 Å². The molecule has 0 saturated heterocycles. The first-order valence-electron chi connectivity index (χ1n) is 8.86. The van der Waals surface area contributed by atoms with Crippen molar-refractivity contribution >= 4 is 23.2 Å². The summed E-state index contributed by atoms with van der Waals surface area (Å²) in [7, 11) is 1.68. The number of carbonyl (C=O) groups excluding carboxylic acids is 2. The Morgan fingerprint density at radius 2 is 2.04 bits per heavy atom. The number of aromatic nitrogens is 2. The molecule has 146 valence electrons. The summed E-state index contributed by atoms with van der Waals surface area (Å²) >= 11 is 1.54. The highest BCUT2D eigenvalue weighted by Crippen LogP contribution is 2.19. The Hall–Kier alpha value is -3.00. The van der Waals surface area contributed by atoms with Crippen LogP contribution in [-0.2, 0) is 27.3 Å². The lowest BCUT2D eigenvalue weighted by atomic mass is 10.2. The second-order valence-electron chi connectivity index (χ2n) is 6.34. The molecule has 2 aromatic heterocycles. The Kier molecular flexibility index (Phi) is 6.54. The Morgan fingerprint density at radius 1 is 1.25 bits per heavy atom. The van der Waals surface area contributed by atoms with Crippen LogP contribution in [0.4, 0.5) is 0 Å². The van der Waals surface area contributed by atoms with Crippen molar-refractivity contribution in [3.63, 3.8) is 0 Å². The van der Waals surface area contributed by atoms with E-state index in [1.54, 1.807) is 30.2 Å². The summed E-state index contributed by atoms with van der Waals surface area (Å²) < 4.78 is 10.4. The zero-order valence-corrected chi connectivity index (χ0v) is 16.5. The minimum atomic E-state index is -0.856. The van der Waals surface area contributed by atoms with Crippen LogP contribution in [-0.4, -0.2) is 40.1 Å². The third-order valence-corrected chi connectivity index (χ3v) is 4.77. The molecule has 0 spiro atoms. The van der Waals surface area contributed by atoms with E-state index in [1.165, 1.54) is 0 Å². The quantitative estimate of drug-likeness (QED) is 0.540. The Labute approximate surface area is 166 Å². The summed E-state index contributed by atoms with van der Waals surface area (Å²) in [5, 5.41) is 7.74. The van der Waals surface area contributed by atoms with Gasteiger partial charge in [0.15, 0.2) is 6.10 Å². The van der Waals surface area contributed by atoms with E-state index in [4.69, 9.17) is 9.26 Å². The predicted octanol–water partition coefficient (Wildman–Crippen LogP) is 3.32. The number of hydrogen-bond acceptors (Lipinski definition) is 7. The second kappa shape index (κ2) is 9.27. The minimum Gasteiger partial charge on any atom is -0.453 e. The summed E-state index contributed by atoms with van der Waals surface area (Å²) in [6, 6.07) is 11.5. The smallest absolute Gasteiger partial charge is 0.307 e. The lowest BCUT2D eigenvalue weighted by Gasteiger charge is -2.21. The third-order valence-electron chi connectivity index (χ3n) is 4.09. The van der Waals surface area contributed by atoms with Crippen molar-refractivity contribution < 1.29 is 18.8 Å². The summed E-state index contributed by atoms with van der Waals surface area (Å²) in [6.45, 7) is 2.03. The second-order valence-corrected chi connectivity index (χ2v) is 7.12. The maximum absolute atomic E-state index is 12.4. The summed E-state index contributed by atoms with van der Waals surface area (Å²) in [6.07, 6.45) is -0.535. The first kappa shape index (κ1) is 19.8. The highest BCUT2D eigenvalue weighted by Gasteiger charge is 2.22. The average Bonchev–Trinajstić information content (AvgIpc) is 3.38. The van der Waals surface area contributed by atoms with E-state index in [2.05, 4.69) is 10.1 Å². The van der Waals surface area contributed by atoms with E-state index in [1.807, 2.05) is 47.2 Å². The molecule has 8 heteroatoms. The van der Waals surface area contributed by atoms with Crippen LogP contribution in [0, 0.1) is 0 Å². The molecule has 1 amide bonds. The fraction of sp³-hybridized carbons (Fsp3) is 0.300. The molecule has 0 N–H and O–H groups in total. The maximum Gasteiger partial charge on any atom is 0.307 e. The van der Waals surface area contributed by atoms with Crippen LogP contribution < -0.4 is 0 Å². The van der Waals surface area contributed by atoms with Crippen molar-refractivity contribution in [2.24, 2.45) is 0 Å². The highest BCUT2D eigenvalue weighted by molar-refractivity contribution is 7.08. The van der Waals surface area contributed by atoms with Gasteiger partial charge in [0, 0.05) is 31.0 Å². The Balaban J connectivity index is 1.45. The van der Waals surface area contributed by atoms with Gasteiger partial charge < -0.3 is 14.2 Å². The number of nitrogens with zero attached hydrogens (tertiary/aromatic N) is 3. The lowest BCUT2D eigenvalue weighted by molar-refractivity contribution is -0.158. The summed E-state index contributed by atoms with van der Waals surface area (Å²) in [4.78, 5) is 30.3. The molecule has 0 saturated carbocycles. The first-order chi connectivity index (χ1) is 13.5. The molecule has 1 atom stereocenters. The maximum atomic E-state index is 12.4. The van der Waals surface area contributed by atoms with E-state index in [0.29, 0.717) is 18.3 Å². The largest absolute Gasteiger partial charge is 0.453 e. The zero-order chi connectivity index (χ0) is 19.9. The monoisotopic (exact) mass is 399 g/mol. The van der Waals surface area contributed by atoms with Gasteiger partial charge in [0.1, 0.15) is 0 Å². The van der Waals surface area contributed by atoms with Crippen LogP contribution in [0.2, 0.25) is 0 Å². The van der Waals surface area contributed by atoms with E-state index in [-0.39, 0.29) is 18.7 Å². The van der Waals surface area contributed by atoms with E-state index in [9.17, 15) is 9.59 Å². The molecule has 1 unspecified atom stereocenters. The van der Waals surface area contributed by atoms with Gasteiger partial charge in [-0.25, -0.2) is 0 Å². The van der Waals surface area contributed by atoms with Crippen molar-refractivity contribution in [1.82, 2.24) is 15.0 Å². The SMILES string of the molecule is CC(OC(=O)CCc1nc(-c2ccsc2)no1)C(=O)N(C)Cc1ccccc1. The van der Waals surface area contributed by atoms with Crippen molar-refractivity contribution in [3.05, 3.63) is 58.6 Å². The van der Waals surface area contributed by atoms with Crippen molar-refractivity contribution in [2.75, 3.05) is 7.05 Å². The van der Waals surface area contributed by atoms with Gasteiger partial charge >= 0.3 is 5.97 Å². The molecule has 0 radical (unpaired) electrons. The molecule has 7 nitrogen and oxygen atoms in total. The molecule has 28 heavy (non-hydrogen) atoms. The van der Waals surface area contributed by atoms with Gasteiger partial charge in [-0.05, 0) is 23.9 Å². The summed E-state index contributed by atoms with van der Waals surface area (Å²) in [5.74, 6) is 0.119. The van der Waals surface area contributed by atoms with Crippen LogP contribution in [0.15, 0.2) is 51.7 Å². The number of amides is 1. The molecule has 1 aromatic carbocycles. The van der Waals surface area contributed by atoms with E-state index in [0.717, 1.165) is 11.1 Å². The van der Waals surface area contributed by atoms with E-state index >= 15 is 0 Å². The Bertz CT molecular complexity index is 909. The molecular formula is C20H21N3O4S. The first-order valence-corrected chi connectivity index (χ1v) is 9.80. The molecule has 0 aliphatic heterocycles. The normalized spacial score (nSPS) is 11.8. The molecule has 2 heterocycles. The van der Waals surface area contributed by atoms with Gasteiger partial charge in [0.2, 0.25) is 11.7 Å². The van der Waals surface area contributed by atoms with Crippen LogP contribution >= 0.6 is 11.3 Å². The molecule has 0 fully saturated rings. The topological polar surface area (TPSA) is 85.5 Å². The predicted molar refractivity (Wildman–Crippen MR) is 104 cm³/mol. The standard InChI is InChI=1S/C20H21N3O4S/c1-14(20(25)23(2)12-15-6-4-3-5-7-15)26-18(24)9-8-17-21-19(22-27-17)16-10-11-28-13-16/h3-7,10-11,13-14H,8-9,12H2,1-2H3. The molecule has 0 aliphatic rings. The number of benzene rings is 1. The van der Waals surface area contributed by atoms with Crippen molar-refractivity contribution in [2.45, 2.75) is 32.4 Å². The fourth-order valence-electron chi connectivity index (χ4n) is 2.63. The van der Waals surface area contributed by atoms with Gasteiger partial charge in [-0.15, -0.1) is 0 Å². The number of esters is 1. The number of ether oxygens (including phenoxy) is 1. The number of carbonyl (C=O) groups is 2. The summed E-state index contributed by atoms with van der Waals surface area (Å²) in [5.41, 5.74) is 1.89. The Morgan fingerprint density at radius 3 is 2.75 bits per heavy atom.